The Morgan fingerprint density at radius 3 is 2.94 bits per heavy atom. The quantitative estimate of drug-likeness (QED) is 0.790. The maximum absolute atomic E-state index is 5.94. The van der Waals surface area contributed by atoms with E-state index in [9.17, 15) is 0 Å². The van der Waals surface area contributed by atoms with E-state index < -0.39 is 0 Å². The lowest BCUT2D eigenvalue weighted by atomic mass is 10.1. The molecule has 5 nitrogen and oxygen atoms in total. The third kappa shape index (κ3) is 1.74. The Hall–Kier alpha value is -1.36. The molecule has 1 aliphatic heterocycles. The molecular weight excluding hydrogens is 238 g/mol. The fourth-order valence-electron chi connectivity index (χ4n) is 2.59. The first-order valence-corrected chi connectivity index (χ1v) is 6.16. The first kappa shape index (κ1) is 10.8. The molecule has 2 aromatic rings. The Morgan fingerprint density at radius 2 is 2.24 bits per heavy atom. The average Bonchev–Trinajstić information content (AvgIpc) is 2.83. The number of hydrogen-bond acceptors (Lipinski definition) is 4. The largest absolute Gasteiger partial charge is 0.352 e. The van der Waals surface area contributed by atoms with Gasteiger partial charge in [0.2, 0.25) is 5.28 Å². The SMILES string of the molecule is CC1CC(C)N(c2nc(Cl)nc3nc[nH]c23)C1. The van der Waals surface area contributed by atoms with Crippen molar-refractivity contribution < 1.29 is 0 Å². The molecule has 0 spiro atoms. The smallest absolute Gasteiger partial charge is 0.226 e. The molecule has 1 N–H and O–H groups in total. The minimum Gasteiger partial charge on any atom is -0.352 e. The number of halogens is 1. The van der Waals surface area contributed by atoms with Gasteiger partial charge in [0, 0.05) is 12.6 Å². The van der Waals surface area contributed by atoms with Gasteiger partial charge in [0.1, 0.15) is 5.52 Å². The summed E-state index contributed by atoms with van der Waals surface area (Å²) < 4.78 is 0. The number of anilines is 1. The maximum Gasteiger partial charge on any atom is 0.226 e. The highest BCUT2D eigenvalue weighted by atomic mass is 35.5. The summed E-state index contributed by atoms with van der Waals surface area (Å²) in [6.45, 7) is 5.47. The zero-order valence-electron chi connectivity index (χ0n) is 9.81. The van der Waals surface area contributed by atoms with Crippen LogP contribution in [0.2, 0.25) is 5.28 Å². The Balaban J connectivity index is 2.13. The van der Waals surface area contributed by atoms with Crippen molar-refractivity contribution in [1.29, 1.82) is 0 Å². The van der Waals surface area contributed by atoms with Gasteiger partial charge in [-0.3, -0.25) is 0 Å². The van der Waals surface area contributed by atoms with Gasteiger partial charge in [0.25, 0.3) is 0 Å². The Morgan fingerprint density at radius 1 is 1.41 bits per heavy atom. The number of nitrogens with one attached hydrogen (secondary N) is 1. The summed E-state index contributed by atoms with van der Waals surface area (Å²) in [6.07, 6.45) is 2.81. The number of hydrogen-bond donors (Lipinski definition) is 1. The summed E-state index contributed by atoms with van der Waals surface area (Å²) in [7, 11) is 0. The second-order valence-corrected chi connectivity index (χ2v) is 5.10. The maximum atomic E-state index is 5.94. The summed E-state index contributed by atoms with van der Waals surface area (Å²) in [4.78, 5) is 18.0. The van der Waals surface area contributed by atoms with E-state index in [1.165, 1.54) is 6.42 Å². The fraction of sp³-hybridized carbons (Fsp3) is 0.545. The highest BCUT2D eigenvalue weighted by molar-refractivity contribution is 6.28. The van der Waals surface area contributed by atoms with Crippen LogP contribution >= 0.6 is 11.6 Å². The molecule has 0 amide bonds. The van der Waals surface area contributed by atoms with E-state index in [2.05, 4.69) is 38.7 Å². The van der Waals surface area contributed by atoms with Gasteiger partial charge in [-0.15, -0.1) is 0 Å². The van der Waals surface area contributed by atoms with Crippen LogP contribution in [0, 0.1) is 5.92 Å². The van der Waals surface area contributed by atoms with Crippen molar-refractivity contribution in [2.24, 2.45) is 5.92 Å². The van der Waals surface area contributed by atoms with Crippen LogP contribution in [0.5, 0.6) is 0 Å². The molecule has 0 radical (unpaired) electrons. The predicted octanol–water partition coefficient (Wildman–Crippen LogP) is 2.24. The van der Waals surface area contributed by atoms with Crippen molar-refractivity contribution in [3.63, 3.8) is 0 Å². The van der Waals surface area contributed by atoms with E-state index in [-0.39, 0.29) is 5.28 Å². The first-order chi connectivity index (χ1) is 8.15. The number of nitrogens with zero attached hydrogens (tertiary/aromatic N) is 4. The molecule has 2 unspecified atom stereocenters. The Labute approximate surface area is 104 Å². The van der Waals surface area contributed by atoms with Crippen molar-refractivity contribution in [3.8, 4) is 0 Å². The van der Waals surface area contributed by atoms with Crippen LogP contribution in [0.3, 0.4) is 0 Å². The van der Waals surface area contributed by atoms with Crippen LogP contribution in [-0.2, 0) is 0 Å². The van der Waals surface area contributed by atoms with Crippen molar-refractivity contribution in [3.05, 3.63) is 11.6 Å². The monoisotopic (exact) mass is 251 g/mol. The predicted molar refractivity (Wildman–Crippen MR) is 67.3 cm³/mol. The standard InChI is InChI=1S/C11H14ClN5/c1-6-3-7(2)17(4-6)10-8-9(14-5-13-8)15-11(12)16-10/h5-7H,3-4H2,1-2H3,(H,13,14,15,16). The van der Waals surface area contributed by atoms with Crippen LogP contribution in [-0.4, -0.2) is 32.5 Å². The van der Waals surface area contributed by atoms with Crippen LogP contribution in [0.1, 0.15) is 20.3 Å². The summed E-state index contributed by atoms with van der Waals surface area (Å²) >= 11 is 5.94. The average molecular weight is 252 g/mol. The zero-order valence-corrected chi connectivity index (χ0v) is 10.6. The summed E-state index contributed by atoms with van der Waals surface area (Å²) in [5.74, 6) is 1.55. The molecule has 0 bridgehead atoms. The van der Waals surface area contributed by atoms with E-state index >= 15 is 0 Å². The molecule has 0 aromatic carbocycles. The number of fused-ring (bicyclic) bond motifs is 1. The summed E-state index contributed by atoms with van der Waals surface area (Å²) in [5.41, 5.74) is 1.50. The van der Waals surface area contributed by atoms with Crippen LogP contribution < -0.4 is 4.90 Å². The minimum atomic E-state index is 0.256. The third-order valence-corrected chi connectivity index (χ3v) is 3.46. The van der Waals surface area contributed by atoms with Gasteiger partial charge in [-0.25, -0.2) is 4.98 Å². The molecule has 90 valence electrons. The zero-order chi connectivity index (χ0) is 12.0. The Bertz CT molecular complexity index is 552. The molecule has 1 aliphatic rings. The molecule has 1 fully saturated rings. The van der Waals surface area contributed by atoms with Gasteiger partial charge in [-0.1, -0.05) is 6.92 Å². The van der Waals surface area contributed by atoms with Crippen molar-refractivity contribution >= 4 is 28.6 Å². The fourth-order valence-corrected chi connectivity index (χ4v) is 2.76. The lowest BCUT2D eigenvalue weighted by Gasteiger charge is -2.22. The molecule has 0 aliphatic carbocycles. The van der Waals surface area contributed by atoms with Gasteiger partial charge in [-0.05, 0) is 30.9 Å². The molecule has 0 saturated carbocycles. The second kappa shape index (κ2) is 3.84. The number of rotatable bonds is 1. The number of aromatic amines is 1. The molecule has 2 atom stereocenters. The molecular formula is C11H14ClN5. The van der Waals surface area contributed by atoms with E-state index in [4.69, 9.17) is 11.6 Å². The molecule has 3 rings (SSSR count). The highest BCUT2D eigenvalue weighted by Gasteiger charge is 2.29. The van der Waals surface area contributed by atoms with Crippen molar-refractivity contribution in [2.45, 2.75) is 26.3 Å². The minimum absolute atomic E-state index is 0.256. The normalized spacial score (nSPS) is 24.8. The molecule has 1 saturated heterocycles. The number of imidazole rings is 1. The van der Waals surface area contributed by atoms with Crippen LogP contribution in [0.25, 0.3) is 11.2 Å². The van der Waals surface area contributed by atoms with E-state index in [1.807, 2.05) is 0 Å². The summed E-state index contributed by atoms with van der Waals surface area (Å²) in [5, 5.41) is 0.256. The van der Waals surface area contributed by atoms with E-state index in [0.29, 0.717) is 17.6 Å². The molecule has 6 heteroatoms. The van der Waals surface area contributed by atoms with Crippen molar-refractivity contribution in [1.82, 2.24) is 19.9 Å². The molecule has 3 heterocycles. The van der Waals surface area contributed by atoms with Crippen molar-refractivity contribution in [2.75, 3.05) is 11.4 Å². The lowest BCUT2D eigenvalue weighted by molar-refractivity contribution is 0.625. The first-order valence-electron chi connectivity index (χ1n) is 5.78. The number of H-pyrrole nitrogens is 1. The molecule has 2 aromatic heterocycles. The van der Waals surface area contributed by atoms with Crippen LogP contribution in [0.15, 0.2) is 6.33 Å². The lowest BCUT2D eigenvalue weighted by Crippen LogP contribution is -2.28. The summed E-state index contributed by atoms with van der Waals surface area (Å²) in [6, 6.07) is 0.475. The topological polar surface area (TPSA) is 57.7 Å². The third-order valence-electron chi connectivity index (χ3n) is 3.30. The van der Waals surface area contributed by atoms with Gasteiger partial charge in [0.15, 0.2) is 11.5 Å². The Kier molecular flexibility index (Phi) is 2.43. The van der Waals surface area contributed by atoms with E-state index in [0.717, 1.165) is 17.9 Å². The van der Waals surface area contributed by atoms with Gasteiger partial charge < -0.3 is 9.88 Å². The van der Waals surface area contributed by atoms with Gasteiger partial charge in [-0.2, -0.15) is 9.97 Å². The number of aromatic nitrogens is 4. The molecule has 17 heavy (non-hydrogen) atoms. The van der Waals surface area contributed by atoms with Crippen LogP contribution in [0.4, 0.5) is 5.82 Å². The van der Waals surface area contributed by atoms with E-state index in [1.54, 1.807) is 6.33 Å². The van der Waals surface area contributed by atoms with Gasteiger partial charge in [0.05, 0.1) is 6.33 Å². The van der Waals surface area contributed by atoms with Gasteiger partial charge >= 0.3 is 0 Å². The highest BCUT2D eigenvalue weighted by Crippen LogP contribution is 2.31. The second-order valence-electron chi connectivity index (χ2n) is 4.76.